The first-order valence-electron chi connectivity index (χ1n) is 8.73. The summed E-state index contributed by atoms with van der Waals surface area (Å²) in [5, 5.41) is 13.0. The maximum atomic E-state index is 11.8. The molecule has 1 aliphatic carbocycles. The first kappa shape index (κ1) is 16.8. The highest BCUT2D eigenvalue weighted by Crippen LogP contribution is 2.39. The number of rotatable bonds is 6. The average molecular weight is 296 g/mol. The Morgan fingerprint density at radius 3 is 2.76 bits per heavy atom. The second-order valence-corrected chi connectivity index (χ2v) is 7.08. The van der Waals surface area contributed by atoms with Crippen LogP contribution in [0.2, 0.25) is 0 Å². The molecule has 2 N–H and O–H groups in total. The van der Waals surface area contributed by atoms with Crippen molar-refractivity contribution in [1.29, 1.82) is 0 Å². The largest absolute Gasteiger partial charge is 0.480 e. The van der Waals surface area contributed by atoms with Crippen LogP contribution in [0, 0.1) is 11.8 Å². The third-order valence-corrected chi connectivity index (χ3v) is 5.96. The number of hydrogen-bond acceptors (Lipinski definition) is 3. The molecule has 0 aromatic heterocycles. The van der Waals surface area contributed by atoms with Gasteiger partial charge < -0.3 is 15.3 Å². The molecule has 1 saturated carbocycles. The lowest BCUT2D eigenvalue weighted by atomic mass is 9.83. The van der Waals surface area contributed by atoms with Crippen LogP contribution in [-0.2, 0) is 4.79 Å². The molecule has 1 heterocycles. The zero-order chi connectivity index (χ0) is 15.5. The summed E-state index contributed by atoms with van der Waals surface area (Å²) < 4.78 is 0. The van der Waals surface area contributed by atoms with Crippen molar-refractivity contribution in [2.75, 3.05) is 19.6 Å². The van der Waals surface area contributed by atoms with Crippen molar-refractivity contribution in [3.8, 4) is 0 Å². The van der Waals surface area contributed by atoms with E-state index in [1.165, 1.54) is 19.4 Å². The van der Waals surface area contributed by atoms with Gasteiger partial charge in [0.15, 0.2) is 0 Å². The van der Waals surface area contributed by atoms with Crippen molar-refractivity contribution in [2.45, 2.75) is 70.9 Å². The molecule has 4 unspecified atom stereocenters. The molecule has 0 aromatic rings. The van der Waals surface area contributed by atoms with Crippen molar-refractivity contribution in [2.24, 2.45) is 11.8 Å². The summed E-state index contributed by atoms with van der Waals surface area (Å²) in [7, 11) is 0. The fourth-order valence-electron chi connectivity index (χ4n) is 4.43. The minimum Gasteiger partial charge on any atom is -0.480 e. The number of hydrogen-bond donors (Lipinski definition) is 2. The molecule has 0 radical (unpaired) electrons. The predicted molar refractivity (Wildman–Crippen MR) is 85.4 cm³/mol. The molecule has 4 heteroatoms. The third kappa shape index (κ3) is 3.42. The van der Waals surface area contributed by atoms with E-state index in [0.717, 1.165) is 44.7 Å². The Morgan fingerprint density at radius 2 is 2.10 bits per heavy atom. The van der Waals surface area contributed by atoms with E-state index >= 15 is 0 Å². The summed E-state index contributed by atoms with van der Waals surface area (Å²) in [6.45, 7) is 9.64. The zero-order valence-corrected chi connectivity index (χ0v) is 13.9. The van der Waals surface area contributed by atoms with Gasteiger partial charge in [-0.25, -0.2) is 0 Å². The third-order valence-electron chi connectivity index (χ3n) is 5.96. The van der Waals surface area contributed by atoms with Crippen LogP contribution in [-0.4, -0.2) is 47.2 Å². The Hall–Kier alpha value is -0.610. The van der Waals surface area contributed by atoms with Crippen molar-refractivity contribution >= 4 is 5.97 Å². The molecule has 0 amide bonds. The van der Waals surface area contributed by atoms with Crippen LogP contribution in [0.15, 0.2) is 0 Å². The molecule has 1 aliphatic heterocycles. The van der Waals surface area contributed by atoms with Gasteiger partial charge in [0.05, 0.1) is 0 Å². The maximum absolute atomic E-state index is 11.8. The normalized spacial score (nSPS) is 37.8. The Bertz CT molecular complexity index is 361. The standard InChI is InChI=1S/C17H32N2O2/c1-4-18-17(16(20)21)10-5-8-15(17)9-12-19-11-6-7-13(2)14(19)3/h13-15,18H,4-12H2,1-3H3,(H,20,21). The van der Waals surface area contributed by atoms with Gasteiger partial charge in [-0.15, -0.1) is 0 Å². The SMILES string of the molecule is CCNC1(C(=O)O)CCCC1CCN1CCCC(C)C1C. The minimum absolute atomic E-state index is 0.277. The highest BCUT2D eigenvalue weighted by molar-refractivity contribution is 5.79. The Morgan fingerprint density at radius 1 is 1.33 bits per heavy atom. The fourth-order valence-corrected chi connectivity index (χ4v) is 4.43. The summed E-state index contributed by atoms with van der Waals surface area (Å²) in [5.74, 6) is 0.395. The van der Waals surface area contributed by atoms with Gasteiger partial charge in [-0.05, 0) is 70.5 Å². The van der Waals surface area contributed by atoms with Gasteiger partial charge in [-0.3, -0.25) is 4.79 Å². The van der Waals surface area contributed by atoms with E-state index in [2.05, 4.69) is 24.1 Å². The Kier molecular flexibility index (Phi) is 5.67. The van der Waals surface area contributed by atoms with Crippen LogP contribution in [0.4, 0.5) is 0 Å². The van der Waals surface area contributed by atoms with Crippen LogP contribution in [0.1, 0.15) is 59.3 Å². The molecule has 0 aromatic carbocycles. The molecule has 21 heavy (non-hydrogen) atoms. The van der Waals surface area contributed by atoms with E-state index in [1.807, 2.05) is 6.92 Å². The number of carboxylic acid groups (broad SMARTS) is 1. The summed E-state index contributed by atoms with van der Waals surface area (Å²) in [5.41, 5.74) is -0.667. The number of carbonyl (C=O) groups is 1. The lowest BCUT2D eigenvalue weighted by Gasteiger charge is -2.40. The molecule has 0 spiro atoms. The van der Waals surface area contributed by atoms with Crippen molar-refractivity contribution in [3.05, 3.63) is 0 Å². The second kappa shape index (κ2) is 7.10. The van der Waals surface area contributed by atoms with Gasteiger partial charge in [0.25, 0.3) is 0 Å². The van der Waals surface area contributed by atoms with Gasteiger partial charge in [0, 0.05) is 6.04 Å². The number of likely N-dealkylation sites (N-methyl/N-ethyl adjacent to an activating group) is 1. The Balaban J connectivity index is 1.96. The van der Waals surface area contributed by atoms with E-state index in [9.17, 15) is 9.90 Å². The number of likely N-dealkylation sites (tertiary alicyclic amines) is 1. The van der Waals surface area contributed by atoms with Crippen LogP contribution >= 0.6 is 0 Å². The molecular weight excluding hydrogens is 264 g/mol. The summed E-state index contributed by atoms with van der Waals surface area (Å²) in [6, 6.07) is 0.638. The van der Waals surface area contributed by atoms with Gasteiger partial charge >= 0.3 is 5.97 Å². The van der Waals surface area contributed by atoms with Crippen LogP contribution in [0.3, 0.4) is 0 Å². The summed E-state index contributed by atoms with van der Waals surface area (Å²) in [6.07, 6.45) is 6.50. The van der Waals surface area contributed by atoms with E-state index < -0.39 is 11.5 Å². The summed E-state index contributed by atoms with van der Waals surface area (Å²) in [4.78, 5) is 14.4. The van der Waals surface area contributed by atoms with Crippen LogP contribution in [0.25, 0.3) is 0 Å². The van der Waals surface area contributed by atoms with Crippen molar-refractivity contribution in [1.82, 2.24) is 10.2 Å². The first-order chi connectivity index (χ1) is 10.0. The second-order valence-electron chi connectivity index (χ2n) is 7.08. The maximum Gasteiger partial charge on any atom is 0.324 e. The number of nitrogens with one attached hydrogen (secondary N) is 1. The first-order valence-corrected chi connectivity index (χ1v) is 8.73. The minimum atomic E-state index is -0.667. The number of nitrogens with zero attached hydrogens (tertiary/aromatic N) is 1. The van der Waals surface area contributed by atoms with E-state index in [-0.39, 0.29) is 5.92 Å². The molecule has 0 bridgehead atoms. The van der Waals surface area contributed by atoms with Gasteiger partial charge in [0.1, 0.15) is 5.54 Å². The monoisotopic (exact) mass is 296 g/mol. The van der Waals surface area contributed by atoms with Gasteiger partial charge in [0.2, 0.25) is 0 Å². The van der Waals surface area contributed by atoms with E-state index in [4.69, 9.17) is 0 Å². The van der Waals surface area contributed by atoms with Crippen molar-refractivity contribution < 1.29 is 9.90 Å². The highest BCUT2D eigenvalue weighted by Gasteiger charge is 2.48. The molecule has 1 saturated heterocycles. The quantitative estimate of drug-likeness (QED) is 0.791. The Labute approximate surface area is 129 Å². The number of piperidine rings is 1. The number of aliphatic carboxylic acids is 1. The molecule has 4 atom stereocenters. The fraction of sp³-hybridized carbons (Fsp3) is 0.941. The molecule has 2 aliphatic rings. The average Bonchev–Trinajstić information content (AvgIpc) is 2.85. The van der Waals surface area contributed by atoms with Gasteiger partial charge in [-0.2, -0.15) is 0 Å². The number of carboxylic acids is 1. The highest BCUT2D eigenvalue weighted by atomic mass is 16.4. The molecule has 2 rings (SSSR count). The molecule has 4 nitrogen and oxygen atoms in total. The predicted octanol–water partition coefficient (Wildman–Crippen LogP) is 2.73. The lowest BCUT2D eigenvalue weighted by Crippen LogP contribution is -2.55. The topological polar surface area (TPSA) is 52.6 Å². The zero-order valence-electron chi connectivity index (χ0n) is 13.9. The molecule has 122 valence electrons. The van der Waals surface area contributed by atoms with E-state index in [1.54, 1.807) is 0 Å². The van der Waals surface area contributed by atoms with Crippen LogP contribution < -0.4 is 5.32 Å². The van der Waals surface area contributed by atoms with Gasteiger partial charge in [-0.1, -0.05) is 20.3 Å². The summed E-state index contributed by atoms with van der Waals surface area (Å²) >= 11 is 0. The van der Waals surface area contributed by atoms with E-state index in [0.29, 0.717) is 6.04 Å². The molecule has 2 fully saturated rings. The molecular formula is C17H32N2O2. The van der Waals surface area contributed by atoms with Crippen molar-refractivity contribution in [3.63, 3.8) is 0 Å². The lowest BCUT2D eigenvalue weighted by molar-refractivity contribution is -0.146. The smallest absolute Gasteiger partial charge is 0.324 e. The van der Waals surface area contributed by atoms with Crippen LogP contribution in [0.5, 0.6) is 0 Å².